The summed E-state index contributed by atoms with van der Waals surface area (Å²) in [6.07, 6.45) is 1.19. The number of rotatable bonds is 10. The summed E-state index contributed by atoms with van der Waals surface area (Å²) < 4.78 is 22.9. The Labute approximate surface area is 133 Å². The molecule has 0 saturated carbocycles. The molecule has 2 aromatic carbocycles. The van der Waals surface area contributed by atoms with Crippen molar-refractivity contribution in [2.75, 3.05) is 25.5 Å². The Morgan fingerprint density at radius 3 is 1.50 bits per heavy atom. The molecule has 0 aromatic heterocycles. The van der Waals surface area contributed by atoms with E-state index in [9.17, 15) is 4.57 Å². The highest BCUT2D eigenvalue weighted by Crippen LogP contribution is 2.19. The van der Waals surface area contributed by atoms with Crippen molar-refractivity contribution in [1.29, 1.82) is 0 Å². The summed E-state index contributed by atoms with van der Waals surface area (Å²) in [5.74, 6) is 0. The molecule has 0 amide bonds. The van der Waals surface area contributed by atoms with Crippen LogP contribution in [-0.2, 0) is 27.3 Å². The van der Waals surface area contributed by atoms with Gasteiger partial charge in [-0.1, -0.05) is 60.7 Å². The second kappa shape index (κ2) is 10.2. The summed E-state index contributed by atoms with van der Waals surface area (Å²) in [5.41, 5.74) is 2.29. The molecule has 0 heterocycles. The standard InChI is InChI=1S/C18H22O3P/c19-22(13-11-20-15-17-7-3-1-4-8-17)14-12-21-16-18-9-5-2-6-10-18/h1-10H,11-16H2. The van der Waals surface area contributed by atoms with E-state index in [-0.39, 0.29) is 0 Å². The molecule has 0 bridgehead atoms. The lowest BCUT2D eigenvalue weighted by molar-refractivity contribution is 0.132. The first kappa shape index (κ1) is 16.8. The van der Waals surface area contributed by atoms with Crippen LogP contribution in [-0.4, -0.2) is 25.5 Å². The average Bonchev–Trinajstić information content (AvgIpc) is 2.57. The molecule has 0 aliphatic heterocycles. The van der Waals surface area contributed by atoms with Crippen molar-refractivity contribution in [2.45, 2.75) is 13.2 Å². The normalized spacial score (nSPS) is 10.5. The van der Waals surface area contributed by atoms with E-state index in [1.807, 2.05) is 60.7 Å². The van der Waals surface area contributed by atoms with Crippen LogP contribution in [0.3, 0.4) is 0 Å². The molecule has 1 radical (unpaired) electrons. The highest BCUT2D eigenvalue weighted by molar-refractivity contribution is 7.44. The van der Waals surface area contributed by atoms with Crippen molar-refractivity contribution >= 4 is 7.80 Å². The van der Waals surface area contributed by atoms with Gasteiger partial charge in [0, 0.05) is 12.3 Å². The van der Waals surface area contributed by atoms with E-state index < -0.39 is 7.80 Å². The number of ether oxygens (including phenoxy) is 2. The molecule has 22 heavy (non-hydrogen) atoms. The Morgan fingerprint density at radius 2 is 1.09 bits per heavy atom. The third-order valence-electron chi connectivity index (χ3n) is 3.19. The molecule has 4 heteroatoms. The molecule has 0 N–H and O–H groups in total. The zero-order chi connectivity index (χ0) is 15.5. The Balaban J connectivity index is 1.49. The van der Waals surface area contributed by atoms with E-state index in [1.165, 1.54) is 0 Å². The van der Waals surface area contributed by atoms with Crippen molar-refractivity contribution in [2.24, 2.45) is 0 Å². The second-order valence-electron chi connectivity index (χ2n) is 5.01. The van der Waals surface area contributed by atoms with Gasteiger partial charge in [-0.3, -0.25) is 4.57 Å². The smallest absolute Gasteiger partial charge is 0.0765 e. The van der Waals surface area contributed by atoms with Crippen molar-refractivity contribution in [3.8, 4) is 0 Å². The van der Waals surface area contributed by atoms with Gasteiger partial charge in [0.15, 0.2) is 0 Å². The number of benzene rings is 2. The van der Waals surface area contributed by atoms with Gasteiger partial charge in [-0.05, 0) is 11.1 Å². The van der Waals surface area contributed by atoms with Crippen LogP contribution in [0.5, 0.6) is 0 Å². The Hall–Kier alpha value is -1.54. The Morgan fingerprint density at radius 1 is 0.682 bits per heavy atom. The van der Waals surface area contributed by atoms with Crippen molar-refractivity contribution in [3.05, 3.63) is 71.8 Å². The van der Waals surface area contributed by atoms with E-state index >= 15 is 0 Å². The van der Waals surface area contributed by atoms with E-state index in [2.05, 4.69) is 0 Å². The van der Waals surface area contributed by atoms with Gasteiger partial charge < -0.3 is 9.47 Å². The molecule has 0 unspecified atom stereocenters. The zero-order valence-electron chi connectivity index (χ0n) is 12.7. The summed E-state index contributed by atoms with van der Waals surface area (Å²) in [6.45, 7) is 2.22. The second-order valence-corrected chi connectivity index (χ2v) is 6.86. The molecule has 0 saturated heterocycles. The molecule has 0 aliphatic rings. The third kappa shape index (κ3) is 6.95. The lowest BCUT2D eigenvalue weighted by Gasteiger charge is -2.06. The molecule has 0 atom stereocenters. The van der Waals surface area contributed by atoms with E-state index in [1.54, 1.807) is 0 Å². The fourth-order valence-corrected chi connectivity index (χ4v) is 2.86. The topological polar surface area (TPSA) is 35.5 Å². The molecular formula is C18H22O3P. The van der Waals surface area contributed by atoms with Crippen LogP contribution in [0.25, 0.3) is 0 Å². The van der Waals surface area contributed by atoms with Gasteiger partial charge in [-0.25, -0.2) is 0 Å². The van der Waals surface area contributed by atoms with Crippen LogP contribution in [0.1, 0.15) is 11.1 Å². The molecule has 117 valence electrons. The molecule has 2 rings (SSSR count). The van der Waals surface area contributed by atoms with E-state index in [0.717, 1.165) is 11.1 Å². The first-order valence-electron chi connectivity index (χ1n) is 7.50. The molecule has 3 nitrogen and oxygen atoms in total. The Bertz CT molecular complexity index is 493. The fraction of sp³-hybridized carbons (Fsp3) is 0.333. The summed E-state index contributed by atoms with van der Waals surface area (Å²) in [6, 6.07) is 20.0. The first-order chi connectivity index (χ1) is 10.8. The minimum absolute atomic E-state index is 0.531. The average molecular weight is 317 g/mol. The van der Waals surface area contributed by atoms with Crippen LogP contribution in [0.15, 0.2) is 60.7 Å². The quantitative estimate of drug-likeness (QED) is 0.485. The Kier molecular flexibility index (Phi) is 7.82. The van der Waals surface area contributed by atoms with Crippen LogP contribution >= 0.6 is 7.80 Å². The monoisotopic (exact) mass is 317 g/mol. The lowest BCUT2D eigenvalue weighted by atomic mass is 10.2. The molecule has 0 aliphatic carbocycles. The summed E-state index contributed by atoms with van der Waals surface area (Å²) in [5, 5.41) is 0. The fourth-order valence-electron chi connectivity index (χ4n) is 1.97. The van der Waals surface area contributed by atoms with Crippen LogP contribution < -0.4 is 0 Å². The molecule has 0 fully saturated rings. The number of hydrogen-bond donors (Lipinski definition) is 0. The van der Waals surface area contributed by atoms with Gasteiger partial charge >= 0.3 is 0 Å². The molecule has 2 aromatic rings. The van der Waals surface area contributed by atoms with Crippen LogP contribution in [0.2, 0.25) is 0 Å². The predicted molar refractivity (Wildman–Crippen MR) is 89.5 cm³/mol. The van der Waals surface area contributed by atoms with Gasteiger partial charge in [0.1, 0.15) is 0 Å². The summed E-state index contributed by atoms with van der Waals surface area (Å²) >= 11 is 0. The highest BCUT2D eigenvalue weighted by atomic mass is 31.1. The van der Waals surface area contributed by atoms with Crippen molar-refractivity contribution < 1.29 is 14.0 Å². The first-order valence-corrected chi connectivity index (χ1v) is 9.13. The lowest BCUT2D eigenvalue weighted by Crippen LogP contribution is -2.02. The number of hydrogen-bond acceptors (Lipinski definition) is 3. The van der Waals surface area contributed by atoms with Crippen LogP contribution in [0, 0.1) is 0 Å². The SMILES string of the molecule is O=[P](CCOCc1ccccc1)CCOCc1ccccc1. The van der Waals surface area contributed by atoms with Gasteiger partial charge in [0.25, 0.3) is 0 Å². The van der Waals surface area contributed by atoms with Crippen molar-refractivity contribution in [3.63, 3.8) is 0 Å². The zero-order valence-corrected chi connectivity index (χ0v) is 13.6. The van der Waals surface area contributed by atoms with Crippen molar-refractivity contribution in [1.82, 2.24) is 0 Å². The highest BCUT2D eigenvalue weighted by Gasteiger charge is 2.02. The van der Waals surface area contributed by atoms with E-state index in [0.29, 0.717) is 38.8 Å². The van der Waals surface area contributed by atoms with Crippen LogP contribution in [0.4, 0.5) is 0 Å². The summed E-state index contributed by atoms with van der Waals surface area (Å²) in [7, 11) is -1.24. The summed E-state index contributed by atoms with van der Waals surface area (Å²) in [4.78, 5) is 0. The van der Waals surface area contributed by atoms with Gasteiger partial charge in [0.2, 0.25) is 0 Å². The van der Waals surface area contributed by atoms with Gasteiger partial charge in [0.05, 0.1) is 34.2 Å². The third-order valence-corrected chi connectivity index (χ3v) is 4.56. The molecule has 0 spiro atoms. The maximum absolute atomic E-state index is 11.9. The minimum Gasteiger partial charge on any atom is -0.376 e. The minimum atomic E-state index is -1.24. The van der Waals surface area contributed by atoms with Gasteiger partial charge in [-0.15, -0.1) is 0 Å². The van der Waals surface area contributed by atoms with Gasteiger partial charge in [-0.2, -0.15) is 0 Å². The van der Waals surface area contributed by atoms with E-state index in [4.69, 9.17) is 9.47 Å². The maximum atomic E-state index is 11.9. The predicted octanol–water partition coefficient (Wildman–Crippen LogP) is 4.25. The maximum Gasteiger partial charge on any atom is 0.0765 e. The molecular weight excluding hydrogens is 295 g/mol. The largest absolute Gasteiger partial charge is 0.376 e.